The van der Waals surface area contributed by atoms with Gasteiger partial charge < -0.3 is 9.64 Å². The van der Waals surface area contributed by atoms with E-state index in [1.807, 2.05) is 19.1 Å². The van der Waals surface area contributed by atoms with Crippen molar-refractivity contribution < 1.29 is 9.53 Å². The molecule has 1 saturated heterocycles. The van der Waals surface area contributed by atoms with Crippen molar-refractivity contribution in [3.63, 3.8) is 0 Å². The Morgan fingerprint density at radius 3 is 3.11 bits per heavy atom. The predicted molar refractivity (Wildman–Crippen MR) is 69.9 cm³/mol. The van der Waals surface area contributed by atoms with Gasteiger partial charge in [0.25, 0.3) is 0 Å². The molecule has 2 heterocycles. The molecule has 3 rings (SSSR count). The Balaban J connectivity index is 2.12. The van der Waals surface area contributed by atoms with Gasteiger partial charge in [-0.3, -0.25) is 4.79 Å². The fraction of sp³-hybridized carbons (Fsp3) is 0.400. The van der Waals surface area contributed by atoms with Crippen LogP contribution in [0.3, 0.4) is 0 Å². The lowest BCUT2D eigenvalue weighted by molar-refractivity contribution is -0.145. The van der Waals surface area contributed by atoms with Gasteiger partial charge in [-0.1, -0.05) is 30.3 Å². The minimum absolute atomic E-state index is 0.0771. The molecule has 0 saturated carbocycles. The van der Waals surface area contributed by atoms with Crippen LogP contribution >= 0.6 is 0 Å². The van der Waals surface area contributed by atoms with Crippen LogP contribution in [0.15, 0.2) is 24.3 Å². The Kier molecular flexibility index (Phi) is 2.82. The summed E-state index contributed by atoms with van der Waals surface area (Å²) in [5.74, 6) is -0.161. The highest BCUT2D eigenvalue weighted by molar-refractivity contribution is 5.84. The smallest absolute Gasteiger partial charge is 0.315 e. The summed E-state index contributed by atoms with van der Waals surface area (Å²) in [6.45, 7) is 4.17. The van der Waals surface area contributed by atoms with Crippen LogP contribution in [0.25, 0.3) is 11.8 Å². The SMILES string of the molecule is CCOC(=O)C1CCN2CC=c3ccccc3=C12. The molecule has 2 aliphatic rings. The van der Waals surface area contributed by atoms with E-state index in [9.17, 15) is 4.79 Å². The summed E-state index contributed by atoms with van der Waals surface area (Å²) in [5, 5.41) is 2.43. The molecule has 0 aromatic heterocycles. The molecule has 1 aromatic carbocycles. The molecule has 94 valence electrons. The molecule has 0 amide bonds. The van der Waals surface area contributed by atoms with Gasteiger partial charge in [-0.2, -0.15) is 0 Å². The Morgan fingerprint density at radius 2 is 2.28 bits per heavy atom. The molecule has 0 radical (unpaired) electrons. The first-order chi connectivity index (χ1) is 8.81. The third kappa shape index (κ3) is 1.70. The van der Waals surface area contributed by atoms with Gasteiger partial charge in [0.05, 0.1) is 12.5 Å². The molecule has 0 aliphatic carbocycles. The van der Waals surface area contributed by atoms with Gasteiger partial charge in [0.2, 0.25) is 0 Å². The number of benzene rings is 1. The Morgan fingerprint density at radius 1 is 1.44 bits per heavy atom. The van der Waals surface area contributed by atoms with E-state index in [0.717, 1.165) is 25.2 Å². The minimum atomic E-state index is -0.0835. The number of fused-ring (bicyclic) bond motifs is 2. The Hall–Kier alpha value is -1.77. The van der Waals surface area contributed by atoms with Crippen LogP contribution < -0.4 is 10.4 Å². The van der Waals surface area contributed by atoms with E-state index in [1.165, 1.54) is 10.4 Å². The van der Waals surface area contributed by atoms with Gasteiger partial charge in [0.15, 0.2) is 0 Å². The van der Waals surface area contributed by atoms with Gasteiger partial charge in [0, 0.05) is 24.0 Å². The van der Waals surface area contributed by atoms with Crippen LogP contribution in [0.5, 0.6) is 0 Å². The van der Waals surface area contributed by atoms with E-state index in [2.05, 4.69) is 23.1 Å². The monoisotopic (exact) mass is 243 g/mol. The first-order valence-electron chi connectivity index (χ1n) is 6.52. The van der Waals surface area contributed by atoms with Gasteiger partial charge in [-0.05, 0) is 18.6 Å². The third-order valence-electron chi connectivity index (χ3n) is 3.70. The lowest BCUT2D eigenvalue weighted by Gasteiger charge is -2.23. The van der Waals surface area contributed by atoms with Crippen molar-refractivity contribution in [3.05, 3.63) is 34.7 Å². The van der Waals surface area contributed by atoms with Crippen molar-refractivity contribution in [2.45, 2.75) is 13.3 Å². The molecule has 2 aliphatic heterocycles. The quantitative estimate of drug-likeness (QED) is 0.707. The molecule has 0 N–H and O–H groups in total. The van der Waals surface area contributed by atoms with Crippen LogP contribution in [0.2, 0.25) is 0 Å². The first kappa shape index (κ1) is 11.3. The van der Waals surface area contributed by atoms with Crippen LogP contribution in [0, 0.1) is 5.92 Å². The second-order valence-corrected chi connectivity index (χ2v) is 4.72. The zero-order chi connectivity index (χ0) is 12.5. The zero-order valence-electron chi connectivity index (χ0n) is 10.6. The number of nitrogens with zero attached hydrogens (tertiary/aromatic N) is 1. The number of esters is 1. The molecule has 18 heavy (non-hydrogen) atoms. The molecular weight excluding hydrogens is 226 g/mol. The molecule has 0 bridgehead atoms. The van der Waals surface area contributed by atoms with Crippen molar-refractivity contribution >= 4 is 17.7 Å². The minimum Gasteiger partial charge on any atom is -0.465 e. The molecule has 1 aromatic rings. The fourth-order valence-corrected chi connectivity index (χ4v) is 2.90. The van der Waals surface area contributed by atoms with Gasteiger partial charge in [-0.15, -0.1) is 0 Å². The topological polar surface area (TPSA) is 29.5 Å². The summed E-state index contributed by atoms with van der Waals surface area (Å²) in [6, 6.07) is 8.29. The Bertz CT molecular complexity index is 591. The summed E-state index contributed by atoms with van der Waals surface area (Å²) in [5.41, 5.74) is 1.16. The lowest BCUT2D eigenvalue weighted by atomic mass is 10.0. The van der Waals surface area contributed by atoms with Crippen molar-refractivity contribution in [1.29, 1.82) is 0 Å². The summed E-state index contributed by atoms with van der Waals surface area (Å²) in [4.78, 5) is 14.3. The number of carbonyl (C=O) groups is 1. The molecule has 3 nitrogen and oxygen atoms in total. The third-order valence-corrected chi connectivity index (χ3v) is 3.70. The number of ether oxygens (including phenoxy) is 1. The number of rotatable bonds is 2. The normalized spacial score (nSPS) is 21.1. The van der Waals surface area contributed by atoms with E-state index >= 15 is 0 Å². The highest BCUT2D eigenvalue weighted by Crippen LogP contribution is 2.29. The van der Waals surface area contributed by atoms with Crippen molar-refractivity contribution in [1.82, 2.24) is 4.90 Å². The van der Waals surface area contributed by atoms with E-state index in [1.54, 1.807) is 0 Å². The van der Waals surface area contributed by atoms with Gasteiger partial charge in [0.1, 0.15) is 0 Å². The predicted octanol–water partition coefficient (Wildman–Crippen LogP) is 0.474. The maximum Gasteiger partial charge on any atom is 0.315 e. The fourth-order valence-electron chi connectivity index (χ4n) is 2.90. The first-order valence-corrected chi connectivity index (χ1v) is 6.52. The van der Waals surface area contributed by atoms with E-state index in [-0.39, 0.29) is 11.9 Å². The van der Waals surface area contributed by atoms with Crippen LogP contribution in [0.1, 0.15) is 13.3 Å². The molecule has 1 fully saturated rings. The Labute approximate surface area is 106 Å². The number of hydrogen-bond acceptors (Lipinski definition) is 3. The van der Waals surface area contributed by atoms with Gasteiger partial charge in [-0.25, -0.2) is 0 Å². The zero-order valence-corrected chi connectivity index (χ0v) is 10.6. The standard InChI is InChI=1S/C15H17NO2/c1-2-18-15(17)13-8-10-16-9-7-11-5-3-4-6-12(11)14(13)16/h3-7,13H,2,8-10H2,1H3. The van der Waals surface area contributed by atoms with E-state index in [0.29, 0.717) is 6.61 Å². The second-order valence-electron chi connectivity index (χ2n) is 4.72. The summed E-state index contributed by atoms with van der Waals surface area (Å²) < 4.78 is 5.19. The molecule has 1 atom stereocenters. The molecular formula is C15H17NO2. The van der Waals surface area contributed by atoms with Gasteiger partial charge >= 0.3 is 5.97 Å². The highest BCUT2D eigenvalue weighted by Gasteiger charge is 2.35. The van der Waals surface area contributed by atoms with Crippen LogP contribution in [-0.4, -0.2) is 30.6 Å². The number of hydrogen-bond donors (Lipinski definition) is 0. The van der Waals surface area contributed by atoms with Crippen LogP contribution in [0.4, 0.5) is 0 Å². The molecule has 0 spiro atoms. The van der Waals surface area contributed by atoms with Crippen LogP contribution in [-0.2, 0) is 9.53 Å². The largest absolute Gasteiger partial charge is 0.465 e. The second kappa shape index (κ2) is 4.48. The van der Waals surface area contributed by atoms with E-state index < -0.39 is 0 Å². The molecule has 1 unspecified atom stereocenters. The summed E-state index contributed by atoms with van der Waals surface area (Å²) >= 11 is 0. The highest BCUT2D eigenvalue weighted by atomic mass is 16.5. The molecule has 3 heteroatoms. The van der Waals surface area contributed by atoms with E-state index in [4.69, 9.17) is 4.74 Å². The van der Waals surface area contributed by atoms with Crippen molar-refractivity contribution in [2.24, 2.45) is 5.92 Å². The summed E-state index contributed by atoms with van der Waals surface area (Å²) in [6.07, 6.45) is 3.10. The summed E-state index contributed by atoms with van der Waals surface area (Å²) in [7, 11) is 0. The maximum absolute atomic E-state index is 12.0. The van der Waals surface area contributed by atoms with Crippen molar-refractivity contribution in [2.75, 3.05) is 19.7 Å². The number of carbonyl (C=O) groups excluding carboxylic acids is 1. The average molecular weight is 243 g/mol. The lowest BCUT2D eigenvalue weighted by Crippen LogP contribution is -2.39. The average Bonchev–Trinajstić information content (AvgIpc) is 2.83. The van der Waals surface area contributed by atoms with Crippen molar-refractivity contribution in [3.8, 4) is 0 Å². The maximum atomic E-state index is 12.0.